The second-order valence-electron chi connectivity index (χ2n) is 5.40. The van der Waals surface area contributed by atoms with Crippen LogP contribution < -0.4 is 4.74 Å². The normalized spacial score (nSPS) is 10.5. The van der Waals surface area contributed by atoms with Crippen LogP contribution >= 0.6 is 0 Å². The lowest BCUT2D eigenvalue weighted by Crippen LogP contribution is -1.98. The van der Waals surface area contributed by atoms with E-state index in [-0.39, 0.29) is 5.69 Å². The molecule has 3 rings (SSSR count). The summed E-state index contributed by atoms with van der Waals surface area (Å²) in [4.78, 5) is 35.0. The fraction of sp³-hybridized carbons (Fsp3) is 0.0625. The average Bonchev–Trinajstić information content (AvgIpc) is 2.67. The van der Waals surface area contributed by atoms with E-state index >= 15 is 0 Å². The molecule has 1 heterocycles. The number of hydrogen-bond donors (Lipinski definition) is 0. The van der Waals surface area contributed by atoms with Crippen molar-refractivity contribution in [3.8, 4) is 5.75 Å². The number of hydrogen-bond acceptors (Lipinski definition) is 8. The predicted octanol–water partition coefficient (Wildman–Crippen LogP) is 4.30. The summed E-state index contributed by atoms with van der Waals surface area (Å²) < 4.78 is 5.23. The second kappa shape index (κ2) is 7.11. The molecule has 0 fully saturated rings. The van der Waals surface area contributed by atoms with Gasteiger partial charge in [0.1, 0.15) is 5.75 Å². The fourth-order valence-corrected chi connectivity index (χ4v) is 2.61. The number of methoxy groups -OCH3 is 1. The van der Waals surface area contributed by atoms with Gasteiger partial charge >= 0.3 is 0 Å². The van der Waals surface area contributed by atoms with Gasteiger partial charge in [-0.3, -0.25) is 35.3 Å². The monoisotopic (exact) mass is 384 g/mol. The van der Waals surface area contributed by atoms with Gasteiger partial charge in [0, 0.05) is 17.3 Å². The molecule has 0 saturated carbocycles. The molecule has 12 nitrogen and oxygen atoms in total. The summed E-state index contributed by atoms with van der Waals surface area (Å²) in [5.74, 6) is 0.467. The Morgan fingerprint density at radius 1 is 0.964 bits per heavy atom. The first kappa shape index (κ1) is 18.4. The molecule has 0 bridgehead atoms. The van der Waals surface area contributed by atoms with E-state index in [1.807, 2.05) is 0 Å². The minimum Gasteiger partial charge on any atom is -0.645 e. The lowest BCUT2D eigenvalue weighted by atomic mass is 10.1. The van der Waals surface area contributed by atoms with Crippen LogP contribution in [-0.4, -0.2) is 26.9 Å². The maximum Gasteiger partial charge on any atom is 0.283 e. The summed E-state index contributed by atoms with van der Waals surface area (Å²) in [6.45, 7) is 0. The van der Waals surface area contributed by atoms with Crippen molar-refractivity contribution in [1.82, 2.24) is 4.98 Å². The van der Waals surface area contributed by atoms with Gasteiger partial charge in [-0.1, -0.05) is 6.07 Å². The lowest BCUT2D eigenvalue weighted by Gasteiger charge is -2.23. The number of nitro groups is 3. The van der Waals surface area contributed by atoms with E-state index in [0.717, 1.165) is 0 Å². The Morgan fingerprint density at radius 3 is 2.14 bits per heavy atom. The third-order valence-corrected chi connectivity index (χ3v) is 3.82. The Labute approximate surface area is 155 Å². The van der Waals surface area contributed by atoms with E-state index < -0.39 is 37.5 Å². The molecule has 28 heavy (non-hydrogen) atoms. The van der Waals surface area contributed by atoms with E-state index in [4.69, 9.17) is 4.74 Å². The first-order chi connectivity index (χ1) is 13.3. The van der Waals surface area contributed by atoms with Gasteiger partial charge in [-0.15, -0.1) is 5.69 Å². The molecule has 0 spiro atoms. The molecule has 0 N–H and O–H groups in total. The molecule has 3 aromatic rings. The van der Waals surface area contributed by atoms with Crippen molar-refractivity contribution in [1.29, 1.82) is 0 Å². The summed E-state index contributed by atoms with van der Waals surface area (Å²) in [7, 11) is 1.45. The number of non-ortho nitro benzene ring substituents is 1. The van der Waals surface area contributed by atoms with Gasteiger partial charge in [-0.2, -0.15) is 0 Å². The number of aromatic nitrogens is 1. The molecule has 0 unspecified atom stereocenters. The third kappa shape index (κ3) is 3.21. The molecular weight excluding hydrogens is 374 g/mol. The van der Waals surface area contributed by atoms with Crippen LogP contribution in [0.3, 0.4) is 0 Å². The molecule has 1 aromatic heterocycles. The SMILES string of the molecule is COc1ccc([N-]c2c([N+](=O)[O-])cc([N+](=O)[O-])cc2[N+](=O)[O-])c2ncccc12. The minimum atomic E-state index is -0.960. The second-order valence-corrected chi connectivity index (χ2v) is 5.40. The zero-order valence-electron chi connectivity index (χ0n) is 14.1. The summed E-state index contributed by atoms with van der Waals surface area (Å²) >= 11 is 0. The molecule has 0 amide bonds. The largest absolute Gasteiger partial charge is 0.645 e. The summed E-state index contributed by atoms with van der Waals surface area (Å²) in [6, 6.07) is 7.55. The molecule has 0 aliphatic rings. The van der Waals surface area contributed by atoms with Crippen LogP contribution in [0.5, 0.6) is 5.75 Å². The van der Waals surface area contributed by atoms with Gasteiger partial charge in [-0.25, -0.2) is 0 Å². The maximum absolute atomic E-state index is 11.4. The number of pyridine rings is 1. The Bertz CT molecular complexity index is 1100. The molecule has 0 aliphatic heterocycles. The van der Waals surface area contributed by atoms with Gasteiger partial charge in [0.05, 0.1) is 39.5 Å². The molecule has 0 atom stereocenters. The molecule has 0 saturated heterocycles. The highest BCUT2D eigenvalue weighted by Crippen LogP contribution is 2.48. The lowest BCUT2D eigenvalue weighted by molar-refractivity contribution is -0.401. The summed E-state index contributed by atoms with van der Waals surface area (Å²) in [5.41, 5.74) is -2.71. The predicted molar refractivity (Wildman–Crippen MR) is 97.4 cm³/mol. The van der Waals surface area contributed by atoms with Crippen molar-refractivity contribution in [3.05, 3.63) is 78.3 Å². The molecular formula is C16H10N5O7-. The van der Waals surface area contributed by atoms with Crippen molar-refractivity contribution in [3.63, 3.8) is 0 Å². The first-order valence-corrected chi connectivity index (χ1v) is 7.58. The number of nitrogens with zero attached hydrogens (tertiary/aromatic N) is 5. The molecule has 12 heteroatoms. The topological polar surface area (TPSA) is 166 Å². The third-order valence-electron chi connectivity index (χ3n) is 3.82. The van der Waals surface area contributed by atoms with Crippen LogP contribution in [0.2, 0.25) is 0 Å². The van der Waals surface area contributed by atoms with Crippen LogP contribution in [0.4, 0.5) is 28.4 Å². The van der Waals surface area contributed by atoms with Crippen molar-refractivity contribution >= 4 is 39.3 Å². The molecule has 142 valence electrons. The molecule has 0 radical (unpaired) electrons. The smallest absolute Gasteiger partial charge is 0.283 e. The first-order valence-electron chi connectivity index (χ1n) is 7.58. The highest BCUT2D eigenvalue weighted by atomic mass is 16.6. The van der Waals surface area contributed by atoms with Gasteiger partial charge < -0.3 is 10.1 Å². The Kier molecular flexibility index (Phi) is 4.68. The maximum atomic E-state index is 11.4. The average molecular weight is 384 g/mol. The van der Waals surface area contributed by atoms with Crippen LogP contribution in [-0.2, 0) is 0 Å². The van der Waals surface area contributed by atoms with Gasteiger partial charge in [0.15, 0.2) is 0 Å². The summed E-state index contributed by atoms with van der Waals surface area (Å²) in [5, 5.41) is 38.4. The van der Waals surface area contributed by atoms with Gasteiger partial charge in [0.2, 0.25) is 0 Å². The van der Waals surface area contributed by atoms with E-state index in [1.54, 1.807) is 12.1 Å². The molecule has 0 aliphatic carbocycles. The number of rotatable bonds is 6. The van der Waals surface area contributed by atoms with Crippen LogP contribution in [0.15, 0.2) is 42.6 Å². The van der Waals surface area contributed by atoms with Crippen LogP contribution in [0.1, 0.15) is 0 Å². The van der Waals surface area contributed by atoms with Crippen molar-refractivity contribution in [2.24, 2.45) is 0 Å². The van der Waals surface area contributed by atoms with E-state index in [2.05, 4.69) is 10.3 Å². The number of ether oxygens (including phenoxy) is 1. The van der Waals surface area contributed by atoms with Crippen LogP contribution in [0, 0.1) is 30.3 Å². The zero-order chi connectivity index (χ0) is 20.4. The number of benzene rings is 2. The Hall–Kier alpha value is -4.35. The van der Waals surface area contributed by atoms with Gasteiger partial charge in [0.25, 0.3) is 17.1 Å². The standard InChI is InChI=1S/C16H10N5O7/c1-28-14-5-4-11(15-10(14)3-2-6-17-15)18-16-12(20(24)25)7-9(19(22)23)8-13(16)21(26)27/h2-8H,1H3/q-1. The Balaban J connectivity index is 2.25. The zero-order valence-corrected chi connectivity index (χ0v) is 14.1. The summed E-state index contributed by atoms with van der Waals surface area (Å²) in [6.07, 6.45) is 1.46. The quantitative estimate of drug-likeness (QED) is 0.448. The van der Waals surface area contributed by atoms with E-state index in [9.17, 15) is 30.3 Å². The van der Waals surface area contributed by atoms with Crippen molar-refractivity contribution < 1.29 is 19.5 Å². The van der Waals surface area contributed by atoms with Crippen molar-refractivity contribution in [2.75, 3.05) is 7.11 Å². The number of fused-ring (bicyclic) bond motifs is 1. The Morgan fingerprint density at radius 2 is 1.61 bits per heavy atom. The van der Waals surface area contributed by atoms with E-state index in [0.29, 0.717) is 28.8 Å². The van der Waals surface area contributed by atoms with E-state index in [1.165, 1.54) is 25.4 Å². The van der Waals surface area contributed by atoms with Crippen LogP contribution in [0.25, 0.3) is 16.2 Å². The van der Waals surface area contributed by atoms with Gasteiger partial charge in [-0.05, 0) is 18.2 Å². The van der Waals surface area contributed by atoms with Crippen molar-refractivity contribution in [2.45, 2.75) is 0 Å². The highest BCUT2D eigenvalue weighted by Gasteiger charge is 2.25. The number of nitro benzene ring substituents is 3. The fourth-order valence-electron chi connectivity index (χ4n) is 2.61. The molecule has 2 aromatic carbocycles. The minimum absolute atomic E-state index is 0.108. The highest BCUT2D eigenvalue weighted by molar-refractivity contribution is 6.00.